The molecular weight excluding hydrogens is 397 g/mol. The lowest BCUT2D eigenvalue weighted by molar-refractivity contribution is -0.118. The second-order valence-corrected chi connectivity index (χ2v) is 8.51. The Morgan fingerprint density at radius 2 is 1.87 bits per heavy atom. The largest absolute Gasteiger partial charge is 0.283 e. The van der Waals surface area contributed by atoms with E-state index in [0.29, 0.717) is 23.1 Å². The van der Waals surface area contributed by atoms with Crippen molar-refractivity contribution >= 4 is 32.6 Å². The molecule has 4 nitrogen and oxygen atoms in total. The van der Waals surface area contributed by atoms with E-state index in [2.05, 4.69) is 35.9 Å². The maximum absolute atomic E-state index is 14.2. The third-order valence-corrected chi connectivity index (χ3v) is 6.00. The molecule has 4 aromatic rings. The van der Waals surface area contributed by atoms with Gasteiger partial charge in [0.1, 0.15) is 11.3 Å². The second-order valence-electron chi connectivity index (χ2n) is 7.50. The van der Waals surface area contributed by atoms with Crippen LogP contribution < -0.4 is 4.90 Å². The van der Waals surface area contributed by atoms with E-state index in [0.717, 1.165) is 15.8 Å². The van der Waals surface area contributed by atoms with Crippen LogP contribution in [-0.4, -0.2) is 15.9 Å². The quantitative estimate of drug-likeness (QED) is 0.401. The maximum atomic E-state index is 14.2. The van der Waals surface area contributed by atoms with E-state index in [1.807, 2.05) is 30.3 Å². The van der Waals surface area contributed by atoms with Crippen LogP contribution >= 0.6 is 11.3 Å². The highest BCUT2D eigenvalue weighted by Crippen LogP contribution is 2.31. The number of aromatic nitrogens is 2. The average Bonchev–Trinajstić information content (AvgIpc) is 3.18. The zero-order valence-electron chi connectivity index (χ0n) is 16.9. The predicted octanol–water partition coefficient (Wildman–Crippen LogP) is 5.73. The molecule has 0 aliphatic heterocycles. The number of hydrogen-bond acceptors (Lipinski definition) is 4. The van der Waals surface area contributed by atoms with Gasteiger partial charge < -0.3 is 0 Å². The standard InChI is InChI=1S/C24H22FN3OS/c1-16(2)19-10-8-17(9-11-19)13-22(29)28(15-18-5-4-12-26-14-18)24-27-23-20(25)6-3-7-21(23)30-24/h3-12,14,16H,13,15H2,1-2H3. The summed E-state index contributed by atoms with van der Waals surface area (Å²) in [6.07, 6.45) is 3.67. The molecule has 1 amide bonds. The number of para-hydroxylation sites is 1. The third-order valence-electron chi connectivity index (χ3n) is 4.96. The molecule has 2 aromatic carbocycles. The first kappa shape index (κ1) is 20.2. The molecule has 0 radical (unpaired) electrons. The Balaban J connectivity index is 1.65. The van der Waals surface area contributed by atoms with Gasteiger partial charge in [0.2, 0.25) is 5.91 Å². The summed E-state index contributed by atoms with van der Waals surface area (Å²) in [7, 11) is 0. The average molecular weight is 420 g/mol. The first-order valence-corrected chi connectivity index (χ1v) is 10.7. The fourth-order valence-electron chi connectivity index (χ4n) is 3.25. The van der Waals surface area contributed by atoms with Gasteiger partial charge in [-0.2, -0.15) is 0 Å². The van der Waals surface area contributed by atoms with Gasteiger partial charge in [-0.1, -0.05) is 61.6 Å². The molecule has 0 aliphatic carbocycles. The Morgan fingerprint density at radius 1 is 1.07 bits per heavy atom. The monoisotopic (exact) mass is 419 g/mol. The molecule has 0 bridgehead atoms. The number of amides is 1. The number of thiazole rings is 1. The molecular formula is C24H22FN3OS. The summed E-state index contributed by atoms with van der Waals surface area (Å²) < 4.78 is 14.9. The summed E-state index contributed by atoms with van der Waals surface area (Å²) in [4.78, 5) is 23.5. The second kappa shape index (κ2) is 8.71. The molecule has 0 aliphatic rings. The van der Waals surface area contributed by atoms with Gasteiger partial charge >= 0.3 is 0 Å². The predicted molar refractivity (Wildman–Crippen MR) is 119 cm³/mol. The highest BCUT2D eigenvalue weighted by Gasteiger charge is 2.21. The van der Waals surface area contributed by atoms with E-state index in [-0.39, 0.29) is 18.1 Å². The summed E-state index contributed by atoms with van der Waals surface area (Å²) in [5.41, 5.74) is 3.36. The van der Waals surface area contributed by atoms with Gasteiger partial charge in [-0.05, 0) is 40.8 Å². The van der Waals surface area contributed by atoms with E-state index in [4.69, 9.17) is 0 Å². The van der Waals surface area contributed by atoms with Crippen molar-refractivity contribution in [1.29, 1.82) is 0 Å². The highest BCUT2D eigenvalue weighted by molar-refractivity contribution is 7.22. The first-order valence-electron chi connectivity index (χ1n) is 9.84. The third kappa shape index (κ3) is 4.39. The molecule has 0 fully saturated rings. The summed E-state index contributed by atoms with van der Waals surface area (Å²) >= 11 is 1.32. The van der Waals surface area contributed by atoms with Gasteiger partial charge in [0.25, 0.3) is 0 Å². The lowest BCUT2D eigenvalue weighted by atomic mass is 10.0. The smallest absolute Gasteiger partial charge is 0.233 e. The number of pyridine rings is 1. The minimum absolute atomic E-state index is 0.0874. The fourth-order valence-corrected chi connectivity index (χ4v) is 4.24. The van der Waals surface area contributed by atoms with E-state index in [1.54, 1.807) is 23.4 Å². The van der Waals surface area contributed by atoms with Crippen LogP contribution in [0.5, 0.6) is 0 Å². The van der Waals surface area contributed by atoms with Gasteiger partial charge in [0, 0.05) is 12.4 Å². The van der Waals surface area contributed by atoms with Crippen molar-refractivity contribution in [3.05, 3.63) is 89.5 Å². The van der Waals surface area contributed by atoms with Crippen LogP contribution in [0.15, 0.2) is 67.0 Å². The number of benzene rings is 2. The highest BCUT2D eigenvalue weighted by atomic mass is 32.1. The summed E-state index contributed by atoms with van der Waals surface area (Å²) in [6, 6.07) is 16.7. The number of nitrogens with zero attached hydrogens (tertiary/aromatic N) is 3. The van der Waals surface area contributed by atoms with E-state index >= 15 is 0 Å². The number of anilines is 1. The van der Waals surface area contributed by atoms with Gasteiger partial charge in [0.15, 0.2) is 5.13 Å². The molecule has 2 aromatic heterocycles. The number of fused-ring (bicyclic) bond motifs is 1. The SMILES string of the molecule is CC(C)c1ccc(CC(=O)N(Cc2cccnc2)c2nc3c(F)cccc3s2)cc1. The van der Waals surface area contributed by atoms with Crippen LogP contribution in [0.25, 0.3) is 10.2 Å². The summed E-state index contributed by atoms with van der Waals surface area (Å²) in [5.74, 6) is -0.0295. The Labute approximate surface area is 179 Å². The number of hydrogen-bond donors (Lipinski definition) is 0. The van der Waals surface area contributed by atoms with Crippen molar-refractivity contribution in [2.24, 2.45) is 0 Å². The molecule has 6 heteroatoms. The number of carbonyl (C=O) groups excluding carboxylic acids is 1. The molecule has 0 N–H and O–H groups in total. The molecule has 0 saturated heterocycles. The minimum Gasteiger partial charge on any atom is -0.283 e. The molecule has 30 heavy (non-hydrogen) atoms. The zero-order valence-corrected chi connectivity index (χ0v) is 17.7. The van der Waals surface area contributed by atoms with Crippen molar-refractivity contribution in [3.8, 4) is 0 Å². The van der Waals surface area contributed by atoms with Crippen LogP contribution in [0.2, 0.25) is 0 Å². The maximum Gasteiger partial charge on any atom is 0.233 e. The summed E-state index contributed by atoms with van der Waals surface area (Å²) in [6.45, 7) is 4.61. The Kier molecular flexibility index (Phi) is 5.86. The molecule has 0 spiro atoms. The molecule has 0 saturated carbocycles. The van der Waals surface area contributed by atoms with Crippen molar-refractivity contribution in [3.63, 3.8) is 0 Å². The minimum atomic E-state index is -0.381. The van der Waals surface area contributed by atoms with Crippen molar-refractivity contribution < 1.29 is 9.18 Å². The van der Waals surface area contributed by atoms with Gasteiger partial charge in [-0.3, -0.25) is 14.7 Å². The van der Waals surface area contributed by atoms with Crippen LogP contribution in [0.1, 0.15) is 36.5 Å². The Hall–Kier alpha value is -3.12. The number of carbonyl (C=O) groups is 1. The van der Waals surface area contributed by atoms with Crippen LogP contribution in [-0.2, 0) is 17.8 Å². The Bertz CT molecular complexity index is 1160. The first-order chi connectivity index (χ1) is 14.5. The topological polar surface area (TPSA) is 46.1 Å². The fraction of sp³-hybridized carbons (Fsp3) is 0.208. The van der Waals surface area contributed by atoms with Crippen LogP contribution in [0, 0.1) is 5.82 Å². The van der Waals surface area contributed by atoms with E-state index in [1.165, 1.54) is 23.0 Å². The van der Waals surface area contributed by atoms with Crippen LogP contribution in [0.3, 0.4) is 0 Å². The summed E-state index contributed by atoms with van der Waals surface area (Å²) in [5, 5.41) is 0.489. The number of rotatable bonds is 6. The zero-order chi connectivity index (χ0) is 21.1. The lowest BCUT2D eigenvalue weighted by Gasteiger charge is -2.20. The van der Waals surface area contributed by atoms with Gasteiger partial charge in [0.05, 0.1) is 17.7 Å². The molecule has 4 rings (SSSR count). The van der Waals surface area contributed by atoms with Crippen molar-refractivity contribution in [2.75, 3.05) is 4.90 Å². The Morgan fingerprint density at radius 3 is 2.53 bits per heavy atom. The molecule has 0 unspecified atom stereocenters. The molecule has 2 heterocycles. The van der Waals surface area contributed by atoms with Crippen LogP contribution in [0.4, 0.5) is 9.52 Å². The lowest BCUT2D eigenvalue weighted by Crippen LogP contribution is -2.31. The van der Waals surface area contributed by atoms with Crippen molar-refractivity contribution in [1.82, 2.24) is 9.97 Å². The molecule has 0 atom stereocenters. The van der Waals surface area contributed by atoms with Crippen molar-refractivity contribution in [2.45, 2.75) is 32.7 Å². The van der Waals surface area contributed by atoms with Gasteiger partial charge in [-0.15, -0.1) is 0 Å². The number of halogens is 1. The van der Waals surface area contributed by atoms with E-state index in [9.17, 15) is 9.18 Å². The van der Waals surface area contributed by atoms with E-state index < -0.39 is 0 Å². The normalized spacial score (nSPS) is 11.2. The van der Waals surface area contributed by atoms with Gasteiger partial charge in [-0.25, -0.2) is 9.37 Å². The molecule has 152 valence electrons.